The van der Waals surface area contributed by atoms with Gasteiger partial charge in [0.1, 0.15) is 23.5 Å². The highest BCUT2D eigenvalue weighted by Gasteiger charge is 2.45. The molecule has 4 bridgehead atoms. The van der Waals surface area contributed by atoms with Crippen molar-refractivity contribution in [3.05, 3.63) is 140 Å². The largest absolute Gasteiger partial charge is 0.507 e. The maximum Gasteiger partial charge on any atom is 0.163 e. The first-order valence-corrected chi connectivity index (χ1v) is 23.6. The lowest BCUT2D eigenvalue weighted by molar-refractivity contribution is -0.135. The highest BCUT2D eigenvalue weighted by molar-refractivity contribution is 6.05. The second kappa shape index (κ2) is 19.5. The van der Waals surface area contributed by atoms with Crippen LogP contribution in [0.2, 0.25) is 0 Å². The van der Waals surface area contributed by atoms with Crippen molar-refractivity contribution in [2.45, 2.75) is 107 Å². The van der Waals surface area contributed by atoms with Gasteiger partial charge in [-0.05, 0) is 152 Å². The van der Waals surface area contributed by atoms with Crippen LogP contribution in [0.4, 0.5) is 5.82 Å². The highest BCUT2D eigenvalue weighted by atomic mass is 16.5. The normalized spacial score (nSPS) is 23.5. The van der Waals surface area contributed by atoms with E-state index in [1.54, 1.807) is 36.4 Å². The van der Waals surface area contributed by atoms with Gasteiger partial charge in [-0.3, -0.25) is 9.59 Å². The lowest BCUT2D eigenvalue weighted by Crippen LogP contribution is -2.40. The number of aliphatic hydroxyl groups excluding tert-OH is 3. The van der Waals surface area contributed by atoms with Gasteiger partial charge in [-0.25, -0.2) is 0 Å². The van der Waals surface area contributed by atoms with Gasteiger partial charge in [0, 0.05) is 73.7 Å². The number of aryl methyl sites for hydroxylation is 3. The van der Waals surface area contributed by atoms with Gasteiger partial charge in [0.15, 0.2) is 17.3 Å². The number of carbonyl (C=O) groups excluding carboxylic acids is 2. The molecule has 3 aromatic carbocycles. The number of ether oxygens (including phenoxy) is 1. The number of carbonyl (C=O) groups is 2. The summed E-state index contributed by atoms with van der Waals surface area (Å²) < 4.78 is 6.40. The lowest BCUT2D eigenvalue weighted by atomic mass is 9.67. The Morgan fingerprint density at radius 2 is 1.68 bits per heavy atom. The van der Waals surface area contributed by atoms with E-state index in [0.29, 0.717) is 48.8 Å². The van der Waals surface area contributed by atoms with Gasteiger partial charge >= 0.3 is 0 Å². The average molecular weight is 896 g/mol. The zero-order valence-corrected chi connectivity index (χ0v) is 37.3. The molecule has 3 aliphatic carbocycles. The number of fused-ring (bicyclic) bond motifs is 8. The smallest absolute Gasteiger partial charge is 0.163 e. The number of benzene rings is 3. The summed E-state index contributed by atoms with van der Waals surface area (Å²) in [5.41, 5.74) is 6.91. The second-order valence-corrected chi connectivity index (χ2v) is 18.8. The summed E-state index contributed by atoms with van der Waals surface area (Å²) >= 11 is 0. The number of ketones is 2. The first-order chi connectivity index (χ1) is 32.0. The number of aromatic amines is 2. The fourth-order valence-corrected chi connectivity index (χ4v) is 10.9. The van der Waals surface area contributed by atoms with Crippen molar-refractivity contribution in [3.8, 4) is 17.2 Å². The number of hydrogen-bond acceptors (Lipinski definition) is 10. The number of phenolic OH excluding ortho intramolecular Hbond substituents is 2. The molecule has 0 radical (unpaired) electrons. The molecule has 4 aliphatic rings. The monoisotopic (exact) mass is 895 g/mol. The molecule has 5 aromatic rings. The van der Waals surface area contributed by atoms with E-state index in [2.05, 4.69) is 15.3 Å². The molecular formula is C54H61N3O9. The maximum atomic E-state index is 15.5. The number of Topliss-reactive ketones (excluding diaryl/α,β-unsaturated/α-hetero) is 2. The van der Waals surface area contributed by atoms with E-state index in [1.165, 1.54) is 0 Å². The Labute approximate surface area is 385 Å². The molecule has 1 aliphatic heterocycles. The van der Waals surface area contributed by atoms with Crippen LogP contribution >= 0.6 is 0 Å². The van der Waals surface area contributed by atoms with Crippen molar-refractivity contribution in [2.24, 2.45) is 11.8 Å². The van der Waals surface area contributed by atoms with Crippen LogP contribution in [0.3, 0.4) is 0 Å². The lowest BCUT2D eigenvalue weighted by Gasteiger charge is -2.38. The van der Waals surface area contributed by atoms with Crippen molar-refractivity contribution in [1.29, 1.82) is 0 Å². The zero-order chi connectivity index (χ0) is 46.0. The summed E-state index contributed by atoms with van der Waals surface area (Å²) in [6.45, 7) is -0.145. The molecule has 9 N–H and O–H groups in total. The van der Waals surface area contributed by atoms with Crippen LogP contribution in [-0.2, 0) is 35.3 Å². The predicted molar refractivity (Wildman–Crippen MR) is 253 cm³/mol. The average Bonchev–Trinajstić information content (AvgIpc) is 4.09. The van der Waals surface area contributed by atoms with Crippen molar-refractivity contribution in [1.82, 2.24) is 9.97 Å². The first kappa shape index (κ1) is 45.2. The standard InChI is InChI=1S/C54H61N3O9/c58-23-4-6-33-11-12-35-27-37(33)28-36-16-21-56-53(36)57-31-38-29-45-41(17-22-55-45)44(30-54(65)19-14-34-5-3-9-46(60)40(34)15-20-54)49(38)52(64)42(18-24-59)47(61)13-10-32-25-43(50(35)62)51(63)48(26-32)66-39-7-1-2-8-39/h3,5,9,11-12,15-17,20-22,25-27,29,39,42,44,49-50,55-60,62-63,65H,1-2,4,6-8,10,13-14,18-19,23-24,28,30-31H2. The maximum absolute atomic E-state index is 15.5. The summed E-state index contributed by atoms with van der Waals surface area (Å²) in [5.74, 6) is -2.32. The van der Waals surface area contributed by atoms with Crippen LogP contribution in [0, 0.1) is 11.8 Å². The number of hydrogen-bond donors (Lipinski definition) is 9. The molecule has 66 heavy (non-hydrogen) atoms. The highest BCUT2D eigenvalue weighted by Crippen LogP contribution is 2.47. The van der Waals surface area contributed by atoms with Crippen LogP contribution in [-0.4, -0.2) is 83.6 Å². The van der Waals surface area contributed by atoms with Crippen molar-refractivity contribution in [2.75, 3.05) is 25.1 Å². The molecular weight excluding hydrogens is 835 g/mol. The SMILES string of the molecule is O=C1CCc2cc(OC3CCCC3)c(O)c(c2)C(O)c2ccc(CCCO)c(c2)Cc2cc[nH]c2NCC2=Cc3[nH]ccc3C(CC3(O)C=Cc4c(O)cccc4CC3)C2C(=O)C1CCO. The van der Waals surface area contributed by atoms with Gasteiger partial charge in [0.25, 0.3) is 0 Å². The Bertz CT molecular complexity index is 2640. The Hall–Kier alpha value is -5.92. The van der Waals surface area contributed by atoms with Gasteiger partial charge < -0.3 is 50.7 Å². The van der Waals surface area contributed by atoms with Crippen LogP contribution in [0.25, 0.3) is 12.2 Å². The number of anilines is 1. The Kier molecular flexibility index (Phi) is 13.4. The first-order valence-electron chi connectivity index (χ1n) is 23.6. The van der Waals surface area contributed by atoms with Crippen LogP contribution < -0.4 is 10.1 Å². The van der Waals surface area contributed by atoms with E-state index < -0.39 is 29.5 Å². The minimum Gasteiger partial charge on any atom is -0.507 e. The number of aromatic nitrogens is 2. The van der Waals surface area contributed by atoms with Crippen molar-refractivity contribution >= 4 is 29.5 Å². The minimum absolute atomic E-state index is 0.0241. The number of aliphatic hydroxyl groups is 4. The summed E-state index contributed by atoms with van der Waals surface area (Å²) in [5, 5.41) is 70.9. The Morgan fingerprint density at radius 3 is 2.50 bits per heavy atom. The molecule has 0 spiro atoms. The van der Waals surface area contributed by atoms with Gasteiger partial charge in [-0.1, -0.05) is 42.5 Å². The number of phenols is 2. The van der Waals surface area contributed by atoms with Crippen molar-refractivity contribution < 1.29 is 45.0 Å². The van der Waals surface area contributed by atoms with E-state index in [9.17, 15) is 35.4 Å². The molecule has 12 nitrogen and oxygen atoms in total. The number of aromatic hydroxyl groups is 2. The Morgan fingerprint density at radius 1 is 0.848 bits per heavy atom. The van der Waals surface area contributed by atoms with E-state index >= 15 is 4.79 Å². The molecule has 346 valence electrons. The predicted octanol–water partition coefficient (Wildman–Crippen LogP) is 7.75. The zero-order valence-electron chi connectivity index (χ0n) is 37.3. The Balaban J connectivity index is 1.14. The van der Waals surface area contributed by atoms with Crippen molar-refractivity contribution in [3.63, 3.8) is 0 Å². The molecule has 5 atom stereocenters. The van der Waals surface area contributed by atoms with Crippen LogP contribution in [0.15, 0.2) is 84.7 Å². The molecule has 0 saturated heterocycles. The van der Waals surface area contributed by atoms with Crippen LogP contribution in [0.5, 0.6) is 17.2 Å². The minimum atomic E-state index is -1.38. The fraction of sp³-hybridized carbons (Fsp3) is 0.407. The van der Waals surface area contributed by atoms with Crippen LogP contribution in [0.1, 0.15) is 126 Å². The number of rotatable bonds is 9. The third-order valence-electron chi connectivity index (χ3n) is 14.5. The van der Waals surface area contributed by atoms with E-state index in [4.69, 9.17) is 4.74 Å². The summed E-state index contributed by atoms with van der Waals surface area (Å²) in [6.07, 6.45) is 14.2. The summed E-state index contributed by atoms with van der Waals surface area (Å²) in [4.78, 5) is 36.8. The number of H-pyrrole nitrogens is 2. The molecule has 12 heteroatoms. The van der Waals surface area contributed by atoms with Gasteiger partial charge in [-0.2, -0.15) is 0 Å². The molecule has 2 aromatic heterocycles. The van der Waals surface area contributed by atoms with Gasteiger partial charge in [0.05, 0.1) is 17.6 Å². The quantitative estimate of drug-likeness (QED) is 0.0658. The molecule has 0 amide bonds. The molecule has 1 fully saturated rings. The molecule has 9 rings (SSSR count). The molecule has 1 saturated carbocycles. The van der Waals surface area contributed by atoms with E-state index in [0.717, 1.165) is 70.6 Å². The molecule has 3 heterocycles. The van der Waals surface area contributed by atoms with E-state index in [-0.39, 0.29) is 85.9 Å². The topological polar surface area (TPSA) is 208 Å². The molecule has 5 unspecified atom stereocenters. The van der Waals surface area contributed by atoms with Gasteiger partial charge in [0.2, 0.25) is 0 Å². The summed E-state index contributed by atoms with van der Waals surface area (Å²) in [7, 11) is 0. The fourth-order valence-electron chi connectivity index (χ4n) is 10.9. The third kappa shape index (κ3) is 9.37. The second-order valence-electron chi connectivity index (χ2n) is 18.8. The van der Waals surface area contributed by atoms with E-state index in [1.807, 2.05) is 54.9 Å². The third-order valence-corrected chi connectivity index (χ3v) is 14.5. The number of nitrogens with one attached hydrogen (secondary N) is 3. The summed E-state index contributed by atoms with van der Waals surface area (Å²) in [6, 6.07) is 18.5. The van der Waals surface area contributed by atoms with Gasteiger partial charge in [-0.15, -0.1) is 0 Å².